The lowest BCUT2D eigenvalue weighted by Crippen LogP contribution is -2.52. The van der Waals surface area contributed by atoms with Crippen LogP contribution in [-0.2, 0) is 4.79 Å². The first kappa shape index (κ1) is 23.4. The number of amides is 2. The van der Waals surface area contributed by atoms with Gasteiger partial charge in [0.05, 0.1) is 26.3 Å². The third kappa shape index (κ3) is 4.80. The number of imide groups is 1. The molecule has 0 fully saturated rings. The molecule has 4 atom stereocenters. The molecule has 0 bridgehead atoms. The molecular weight excluding hydrogens is 402 g/mol. The summed E-state index contributed by atoms with van der Waals surface area (Å²) >= 11 is 0. The van der Waals surface area contributed by atoms with Crippen LogP contribution in [0.15, 0.2) is 12.1 Å². The number of methoxy groups -OCH3 is 2. The van der Waals surface area contributed by atoms with Crippen molar-refractivity contribution in [2.75, 3.05) is 20.8 Å². The van der Waals surface area contributed by atoms with Crippen molar-refractivity contribution < 1.29 is 44.6 Å². The molecule has 0 saturated carbocycles. The third-order valence-electron chi connectivity index (χ3n) is 4.29. The van der Waals surface area contributed by atoms with Gasteiger partial charge in [-0.25, -0.2) is 9.97 Å². The first-order valence-corrected chi connectivity index (χ1v) is 8.73. The van der Waals surface area contributed by atoms with Gasteiger partial charge in [0.15, 0.2) is 17.6 Å². The predicted octanol–water partition coefficient (Wildman–Crippen LogP) is -2.35. The molecule has 2 rings (SSSR count). The fourth-order valence-corrected chi connectivity index (χ4v) is 2.67. The monoisotopic (exact) mass is 425 g/mol. The molecule has 1 aromatic heterocycles. The Labute approximate surface area is 170 Å². The van der Waals surface area contributed by atoms with Crippen molar-refractivity contribution >= 4 is 22.7 Å². The van der Waals surface area contributed by atoms with Crippen LogP contribution in [0.1, 0.15) is 16.3 Å². The smallest absolute Gasteiger partial charge is 0.277 e. The molecular formula is C18H23N3O9. The van der Waals surface area contributed by atoms with Crippen molar-refractivity contribution in [3.05, 3.63) is 23.7 Å². The maximum atomic E-state index is 12.6. The number of aromatic nitrogens is 2. The summed E-state index contributed by atoms with van der Waals surface area (Å²) < 4.78 is 10.4. The van der Waals surface area contributed by atoms with Gasteiger partial charge in [-0.15, -0.1) is 0 Å². The number of nitrogens with one attached hydrogen (secondary N) is 1. The van der Waals surface area contributed by atoms with Gasteiger partial charge in [-0.05, 0) is 13.0 Å². The molecule has 4 unspecified atom stereocenters. The van der Waals surface area contributed by atoms with Crippen LogP contribution in [-0.4, -0.2) is 92.6 Å². The summed E-state index contributed by atoms with van der Waals surface area (Å²) in [5.74, 6) is -1.49. The molecule has 0 radical (unpaired) electrons. The lowest BCUT2D eigenvalue weighted by molar-refractivity contribution is -0.148. The molecule has 1 aromatic carbocycles. The summed E-state index contributed by atoms with van der Waals surface area (Å²) in [6, 6.07) is 2.96. The van der Waals surface area contributed by atoms with E-state index in [4.69, 9.17) is 14.6 Å². The topological polar surface area (TPSA) is 192 Å². The highest BCUT2D eigenvalue weighted by atomic mass is 16.5. The van der Waals surface area contributed by atoms with E-state index in [0.29, 0.717) is 11.3 Å². The van der Waals surface area contributed by atoms with Gasteiger partial charge >= 0.3 is 0 Å². The molecule has 0 aliphatic heterocycles. The molecule has 164 valence electrons. The normalized spacial score (nSPS) is 15.2. The molecule has 2 aromatic rings. The van der Waals surface area contributed by atoms with Gasteiger partial charge in [0.1, 0.15) is 29.8 Å². The lowest BCUT2D eigenvalue weighted by Gasteiger charge is -2.24. The number of hydrogen-bond acceptors (Lipinski definition) is 11. The Balaban J connectivity index is 2.33. The maximum absolute atomic E-state index is 12.6. The molecule has 0 aliphatic carbocycles. The zero-order valence-electron chi connectivity index (χ0n) is 16.4. The molecule has 30 heavy (non-hydrogen) atoms. The minimum absolute atomic E-state index is 0.204. The molecule has 0 saturated heterocycles. The first-order valence-electron chi connectivity index (χ1n) is 8.73. The fraction of sp³-hybridized carbons (Fsp3) is 0.444. The van der Waals surface area contributed by atoms with Crippen LogP contribution in [0.3, 0.4) is 0 Å². The van der Waals surface area contributed by atoms with E-state index in [1.165, 1.54) is 33.3 Å². The van der Waals surface area contributed by atoms with E-state index in [1.54, 1.807) is 0 Å². The van der Waals surface area contributed by atoms with Crippen molar-refractivity contribution in [3.8, 4) is 11.5 Å². The summed E-state index contributed by atoms with van der Waals surface area (Å²) in [5.41, 5.74) is 0.129. The minimum atomic E-state index is -2.27. The van der Waals surface area contributed by atoms with Gasteiger partial charge in [0, 0.05) is 11.5 Å². The highest BCUT2D eigenvalue weighted by Gasteiger charge is 2.35. The lowest BCUT2D eigenvalue weighted by atomic mass is 10.0. The summed E-state index contributed by atoms with van der Waals surface area (Å²) in [6.45, 7) is 0.614. The van der Waals surface area contributed by atoms with E-state index in [0.717, 1.165) is 0 Å². The van der Waals surface area contributed by atoms with Crippen LogP contribution in [0, 0.1) is 6.92 Å². The number of aliphatic hydroxyl groups is 5. The number of rotatable bonds is 8. The molecule has 1 heterocycles. The van der Waals surface area contributed by atoms with Gasteiger partial charge in [0.25, 0.3) is 11.8 Å². The predicted molar refractivity (Wildman–Crippen MR) is 101 cm³/mol. The first-order chi connectivity index (χ1) is 14.1. The van der Waals surface area contributed by atoms with Gasteiger partial charge in [-0.3, -0.25) is 14.9 Å². The summed E-state index contributed by atoms with van der Waals surface area (Å²) in [7, 11) is 2.82. The Morgan fingerprint density at radius 2 is 1.63 bits per heavy atom. The van der Waals surface area contributed by atoms with E-state index in [-0.39, 0.29) is 22.7 Å². The summed E-state index contributed by atoms with van der Waals surface area (Å²) in [6.07, 6.45) is -8.25. The van der Waals surface area contributed by atoms with E-state index >= 15 is 0 Å². The standard InChI is InChI=1S/C18H23N3O9/c1-7-19-9-5-12(30-3)11(29-2)4-8(9)13(20-7)17(27)21-18(28)16(26)15(25)14(24)10(23)6-22/h4-5,10,14-16,22-26H,6H2,1-3H3,(H,21,27,28). The van der Waals surface area contributed by atoms with Crippen molar-refractivity contribution in [3.63, 3.8) is 0 Å². The number of aliphatic hydroxyl groups excluding tert-OH is 5. The molecule has 0 spiro atoms. The Morgan fingerprint density at radius 1 is 1.03 bits per heavy atom. The zero-order valence-corrected chi connectivity index (χ0v) is 16.4. The average Bonchev–Trinajstić information content (AvgIpc) is 2.74. The highest BCUT2D eigenvalue weighted by Crippen LogP contribution is 2.32. The van der Waals surface area contributed by atoms with Crippen LogP contribution in [0.25, 0.3) is 10.9 Å². The quantitative estimate of drug-likeness (QED) is 0.265. The number of nitrogens with zero attached hydrogens (tertiary/aromatic N) is 2. The number of benzene rings is 1. The zero-order chi connectivity index (χ0) is 22.6. The highest BCUT2D eigenvalue weighted by molar-refractivity contribution is 6.11. The van der Waals surface area contributed by atoms with Crippen molar-refractivity contribution in [1.82, 2.24) is 15.3 Å². The largest absolute Gasteiger partial charge is 0.493 e. The van der Waals surface area contributed by atoms with Gasteiger partial charge < -0.3 is 35.0 Å². The SMILES string of the molecule is COc1cc2nc(C)nc(C(=O)NC(=O)C(O)C(O)C(O)C(O)CO)c2cc1OC. The van der Waals surface area contributed by atoms with Crippen LogP contribution in [0.5, 0.6) is 11.5 Å². The van der Waals surface area contributed by atoms with Crippen molar-refractivity contribution in [2.24, 2.45) is 0 Å². The number of carbonyl (C=O) groups excluding carboxylic acids is 2. The van der Waals surface area contributed by atoms with Gasteiger partial charge in [-0.1, -0.05) is 0 Å². The number of hydrogen-bond donors (Lipinski definition) is 6. The summed E-state index contributed by atoms with van der Waals surface area (Å²) in [4.78, 5) is 33.0. The Kier molecular flexibility index (Phi) is 7.59. The second kappa shape index (κ2) is 9.73. The van der Waals surface area contributed by atoms with E-state index in [2.05, 4.69) is 9.97 Å². The summed E-state index contributed by atoms with van der Waals surface area (Å²) in [5, 5.41) is 49.5. The number of fused-ring (bicyclic) bond motifs is 1. The molecule has 0 aliphatic rings. The van der Waals surface area contributed by atoms with E-state index < -0.39 is 42.8 Å². The van der Waals surface area contributed by atoms with E-state index in [9.17, 15) is 30.0 Å². The van der Waals surface area contributed by atoms with Gasteiger partial charge in [0.2, 0.25) is 0 Å². The van der Waals surface area contributed by atoms with Crippen molar-refractivity contribution in [1.29, 1.82) is 0 Å². The maximum Gasteiger partial charge on any atom is 0.277 e. The number of aryl methyl sites for hydroxylation is 1. The second-order valence-electron chi connectivity index (χ2n) is 6.34. The van der Waals surface area contributed by atoms with Crippen LogP contribution >= 0.6 is 0 Å². The molecule has 12 nitrogen and oxygen atoms in total. The average molecular weight is 425 g/mol. The number of carbonyl (C=O) groups is 2. The van der Waals surface area contributed by atoms with Crippen LogP contribution in [0.2, 0.25) is 0 Å². The van der Waals surface area contributed by atoms with Crippen molar-refractivity contribution in [2.45, 2.75) is 31.3 Å². The minimum Gasteiger partial charge on any atom is -0.493 e. The van der Waals surface area contributed by atoms with E-state index in [1.807, 2.05) is 5.32 Å². The number of ether oxygens (including phenoxy) is 2. The van der Waals surface area contributed by atoms with Crippen LogP contribution in [0.4, 0.5) is 0 Å². The molecule has 2 amide bonds. The Morgan fingerprint density at radius 3 is 2.20 bits per heavy atom. The molecule has 12 heteroatoms. The molecule has 6 N–H and O–H groups in total. The third-order valence-corrected chi connectivity index (χ3v) is 4.29. The fourth-order valence-electron chi connectivity index (χ4n) is 2.67. The van der Waals surface area contributed by atoms with Gasteiger partial charge in [-0.2, -0.15) is 0 Å². The van der Waals surface area contributed by atoms with Crippen LogP contribution < -0.4 is 14.8 Å². The Hall–Kier alpha value is -2.90. The second-order valence-corrected chi connectivity index (χ2v) is 6.34. The Bertz CT molecular complexity index is 937.